The van der Waals surface area contributed by atoms with Crippen LogP contribution in [0.1, 0.15) is 24.4 Å². The van der Waals surface area contributed by atoms with Crippen LogP contribution in [0, 0.1) is 19.8 Å². The third-order valence-corrected chi connectivity index (χ3v) is 4.18. The van der Waals surface area contributed by atoms with Gasteiger partial charge in [-0.2, -0.15) is 0 Å². The second-order valence-electron chi connectivity index (χ2n) is 5.96. The summed E-state index contributed by atoms with van der Waals surface area (Å²) in [6, 6.07) is 6.19. The number of nitrogens with one attached hydrogen (secondary N) is 1. The highest BCUT2D eigenvalue weighted by molar-refractivity contribution is 5.45. The van der Waals surface area contributed by atoms with Gasteiger partial charge in [0.1, 0.15) is 11.6 Å². The van der Waals surface area contributed by atoms with Gasteiger partial charge in [-0.15, -0.1) is 0 Å². The van der Waals surface area contributed by atoms with Crippen LogP contribution in [0.3, 0.4) is 0 Å². The Kier molecular flexibility index (Phi) is 4.51. The Labute approximate surface area is 131 Å². The molecule has 0 bridgehead atoms. The molecule has 0 spiro atoms. The van der Waals surface area contributed by atoms with Crippen molar-refractivity contribution in [3.63, 3.8) is 0 Å². The summed E-state index contributed by atoms with van der Waals surface area (Å²) in [6.07, 6.45) is 6.14. The first-order valence-corrected chi connectivity index (χ1v) is 7.92. The normalized spacial score (nSPS) is 15.8. The van der Waals surface area contributed by atoms with Crippen LogP contribution < -0.4 is 10.2 Å². The molecule has 0 aliphatic carbocycles. The molecule has 3 heterocycles. The van der Waals surface area contributed by atoms with Gasteiger partial charge in [0.05, 0.1) is 0 Å². The number of anilines is 2. The molecule has 1 aliphatic heterocycles. The Balaban J connectivity index is 1.50. The van der Waals surface area contributed by atoms with Gasteiger partial charge in [0.15, 0.2) is 0 Å². The van der Waals surface area contributed by atoms with E-state index < -0.39 is 0 Å². The summed E-state index contributed by atoms with van der Waals surface area (Å²) in [5, 5.41) is 3.47. The van der Waals surface area contributed by atoms with Crippen LogP contribution in [0.5, 0.6) is 0 Å². The molecule has 5 heteroatoms. The summed E-state index contributed by atoms with van der Waals surface area (Å²) >= 11 is 0. The number of hydrogen-bond acceptors (Lipinski definition) is 5. The molecule has 116 valence electrons. The van der Waals surface area contributed by atoms with Crippen LogP contribution in [0.2, 0.25) is 0 Å². The van der Waals surface area contributed by atoms with Crippen LogP contribution in [0.15, 0.2) is 30.6 Å². The van der Waals surface area contributed by atoms with Crippen molar-refractivity contribution in [2.75, 3.05) is 29.9 Å². The molecule has 0 aromatic carbocycles. The van der Waals surface area contributed by atoms with Crippen molar-refractivity contribution < 1.29 is 0 Å². The zero-order valence-corrected chi connectivity index (χ0v) is 13.3. The van der Waals surface area contributed by atoms with Crippen LogP contribution in [-0.4, -0.2) is 34.6 Å². The van der Waals surface area contributed by atoms with E-state index >= 15 is 0 Å². The molecule has 22 heavy (non-hydrogen) atoms. The Morgan fingerprint density at radius 1 is 1.14 bits per heavy atom. The van der Waals surface area contributed by atoms with Crippen molar-refractivity contribution in [3.05, 3.63) is 42.1 Å². The van der Waals surface area contributed by atoms with Gasteiger partial charge in [0.25, 0.3) is 0 Å². The molecule has 2 aromatic heterocycles. The fraction of sp³-hybridized carbons (Fsp3) is 0.471. The molecule has 0 atom stereocenters. The van der Waals surface area contributed by atoms with E-state index in [1.165, 1.54) is 18.5 Å². The Morgan fingerprint density at radius 2 is 1.86 bits per heavy atom. The van der Waals surface area contributed by atoms with Gasteiger partial charge < -0.3 is 10.2 Å². The number of piperidine rings is 1. The van der Waals surface area contributed by atoms with E-state index in [2.05, 4.69) is 37.3 Å². The first-order chi connectivity index (χ1) is 10.7. The van der Waals surface area contributed by atoms with Crippen molar-refractivity contribution in [1.82, 2.24) is 15.0 Å². The zero-order valence-electron chi connectivity index (χ0n) is 13.3. The van der Waals surface area contributed by atoms with Gasteiger partial charge >= 0.3 is 0 Å². The van der Waals surface area contributed by atoms with Gasteiger partial charge in [-0.3, -0.25) is 4.98 Å². The Bertz CT molecular complexity index is 585. The number of nitrogens with zero attached hydrogens (tertiary/aromatic N) is 4. The summed E-state index contributed by atoms with van der Waals surface area (Å²) in [6.45, 7) is 7.15. The topological polar surface area (TPSA) is 53.9 Å². The van der Waals surface area contributed by atoms with Crippen LogP contribution in [0.4, 0.5) is 11.5 Å². The first kappa shape index (κ1) is 14.8. The lowest BCUT2D eigenvalue weighted by atomic mass is 9.96. The monoisotopic (exact) mass is 297 g/mol. The molecule has 0 radical (unpaired) electrons. The van der Waals surface area contributed by atoms with E-state index in [4.69, 9.17) is 0 Å². The van der Waals surface area contributed by atoms with Gasteiger partial charge in [-0.1, -0.05) is 0 Å². The second kappa shape index (κ2) is 6.73. The molecule has 1 saturated heterocycles. The number of aromatic nitrogens is 3. The van der Waals surface area contributed by atoms with Crippen LogP contribution >= 0.6 is 0 Å². The van der Waals surface area contributed by atoms with Crippen molar-refractivity contribution >= 4 is 11.5 Å². The average molecular weight is 297 g/mol. The molecule has 3 rings (SSSR count). The molecular weight excluding hydrogens is 274 g/mol. The molecule has 1 aliphatic rings. The second-order valence-corrected chi connectivity index (χ2v) is 5.96. The largest absolute Gasteiger partial charge is 0.371 e. The Morgan fingerprint density at radius 3 is 2.55 bits per heavy atom. The standard InChI is InChI=1S/C17H23N5/c1-13-11-17(21-14(2)20-13)19-12-15-5-9-22(10-6-15)16-3-7-18-8-4-16/h3-4,7-8,11,15H,5-6,9-10,12H2,1-2H3,(H,19,20,21). The van der Waals surface area contributed by atoms with Crippen LogP contribution in [0.25, 0.3) is 0 Å². The zero-order chi connectivity index (χ0) is 15.4. The van der Waals surface area contributed by atoms with E-state index in [1.807, 2.05) is 32.3 Å². The predicted octanol–water partition coefficient (Wildman–Crippen LogP) is 2.82. The summed E-state index contributed by atoms with van der Waals surface area (Å²) < 4.78 is 0. The number of pyridine rings is 1. The van der Waals surface area contributed by atoms with Crippen molar-refractivity contribution in [1.29, 1.82) is 0 Å². The maximum Gasteiger partial charge on any atom is 0.129 e. The summed E-state index contributed by atoms with van der Waals surface area (Å²) in [5.41, 5.74) is 2.30. The lowest BCUT2D eigenvalue weighted by Gasteiger charge is -2.33. The molecule has 1 fully saturated rings. The van der Waals surface area contributed by atoms with Crippen molar-refractivity contribution in [2.24, 2.45) is 5.92 Å². The molecule has 1 N–H and O–H groups in total. The van der Waals surface area contributed by atoms with Gasteiger partial charge in [-0.05, 0) is 44.7 Å². The van der Waals surface area contributed by atoms with E-state index in [-0.39, 0.29) is 0 Å². The Hall–Kier alpha value is -2.17. The fourth-order valence-corrected chi connectivity index (χ4v) is 3.01. The minimum Gasteiger partial charge on any atom is -0.371 e. The highest BCUT2D eigenvalue weighted by atomic mass is 15.1. The average Bonchev–Trinajstić information content (AvgIpc) is 2.53. The first-order valence-electron chi connectivity index (χ1n) is 7.92. The van der Waals surface area contributed by atoms with E-state index in [0.717, 1.165) is 37.0 Å². The quantitative estimate of drug-likeness (QED) is 0.940. The number of hydrogen-bond donors (Lipinski definition) is 1. The molecule has 5 nitrogen and oxygen atoms in total. The molecule has 0 saturated carbocycles. The highest BCUT2D eigenvalue weighted by Crippen LogP contribution is 2.23. The minimum atomic E-state index is 0.702. The summed E-state index contributed by atoms with van der Waals surface area (Å²) in [4.78, 5) is 15.3. The lowest BCUT2D eigenvalue weighted by Crippen LogP contribution is -2.35. The van der Waals surface area contributed by atoms with Gasteiger partial charge in [0, 0.05) is 49.5 Å². The maximum absolute atomic E-state index is 4.44. The van der Waals surface area contributed by atoms with E-state index in [1.54, 1.807) is 0 Å². The molecule has 0 unspecified atom stereocenters. The molecule has 2 aromatic rings. The highest BCUT2D eigenvalue weighted by Gasteiger charge is 2.19. The van der Waals surface area contributed by atoms with Crippen molar-refractivity contribution in [3.8, 4) is 0 Å². The predicted molar refractivity (Wildman–Crippen MR) is 89.2 cm³/mol. The summed E-state index contributed by atoms with van der Waals surface area (Å²) in [5.74, 6) is 2.48. The number of rotatable bonds is 4. The third-order valence-electron chi connectivity index (χ3n) is 4.18. The van der Waals surface area contributed by atoms with Gasteiger partial charge in [0.2, 0.25) is 0 Å². The maximum atomic E-state index is 4.44. The molecular formula is C17H23N5. The number of aryl methyl sites for hydroxylation is 2. The molecule has 0 amide bonds. The van der Waals surface area contributed by atoms with Crippen LogP contribution in [-0.2, 0) is 0 Å². The SMILES string of the molecule is Cc1cc(NCC2CCN(c3ccncc3)CC2)nc(C)n1. The van der Waals surface area contributed by atoms with Crippen molar-refractivity contribution in [2.45, 2.75) is 26.7 Å². The van der Waals surface area contributed by atoms with Gasteiger partial charge in [-0.25, -0.2) is 9.97 Å². The minimum absolute atomic E-state index is 0.702. The van der Waals surface area contributed by atoms with E-state index in [9.17, 15) is 0 Å². The third kappa shape index (κ3) is 3.72. The van der Waals surface area contributed by atoms with E-state index in [0.29, 0.717) is 5.92 Å². The summed E-state index contributed by atoms with van der Waals surface area (Å²) in [7, 11) is 0. The smallest absolute Gasteiger partial charge is 0.129 e. The lowest BCUT2D eigenvalue weighted by molar-refractivity contribution is 0.423. The fourth-order valence-electron chi connectivity index (χ4n) is 3.01.